The number of rotatable bonds is 7. The molecule has 0 N–H and O–H groups in total. The molecule has 1 aliphatic rings. The third-order valence-corrected chi connectivity index (χ3v) is 8.38. The van der Waals surface area contributed by atoms with Crippen LogP contribution in [0.15, 0.2) is 47.4 Å². The molecule has 0 aliphatic carbocycles. The van der Waals surface area contributed by atoms with Crippen LogP contribution in [0.25, 0.3) is 10.2 Å². The number of anilines is 1. The van der Waals surface area contributed by atoms with E-state index in [4.69, 9.17) is 4.74 Å². The van der Waals surface area contributed by atoms with Gasteiger partial charge < -0.3 is 14.5 Å². The lowest BCUT2D eigenvalue weighted by Gasteiger charge is -2.34. The van der Waals surface area contributed by atoms with Gasteiger partial charge in [-0.1, -0.05) is 17.4 Å². The highest BCUT2D eigenvalue weighted by Crippen LogP contribution is 2.30. The SMILES string of the molecule is COc1ccc(S(=O)(=O)CCCC(=O)N2CCN(c3nc4c(F)cccc4s3)CC2)cc1. The number of carbonyl (C=O) groups excluding carboxylic acids is 1. The zero-order valence-corrected chi connectivity index (χ0v) is 19.3. The summed E-state index contributed by atoms with van der Waals surface area (Å²) in [6, 6.07) is 11.2. The van der Waals surface area contributed by atoms with Gasteiger partial charge in [0.15, 0.2) is 15.0 Å². The van der Waals surface area contributed by atoms with Gasteiger partial charge in [-0.3, -0.25) is 4.79 Å². The summed E-state index contributed by atoms with van der Waals surface area (Å²) in [7, 11) is -1.92. The molecule has 0 saturated carbocycles. The van der Waals surface area contributed by atoms with E-state index < -0.39 is 9.84 Å². The number of benzene rings is 2. The molecule has 3 aromatic rings. The van der Waals surface area contributed by atoms with E-state index in [1.165, 1.54) is 36.6 Å². The van der Waals surface area contributed by atoms with E-state index in [2.05, 4.69) is 9.88 Å². The molecule has 1 aliphatic heterocycles. The predicted octanol–water partition coefficient (Wildman–Crippen LogP) is 3.35. The van der Waals surface area contributed by atoms with Gasteiger partial charge in [0.05, 0.1) is 22.5 Å². The molecule has 170 valence electrons. The van der Waals surface area contributed by atoms with Crippen molar-refractivity contribution in [2.24, 2.45) is 0 Å². The first-order valence-corrected chi connectivity index (χ1v) is 12.8. The number of ether oxygens (including phenoxy) is 1. The van der Waals surface area contributed by atoms with Crippen molar-refractivity contribution >= 4 is 42.4 Å². The number of methoxy groups -OCH3 is 1. The Kier molecular flexibility index (Phi) is 6.61. The standard InChI is InChI=1S/C22H24FN3O4S2/c1-30-16-7-9-17(10-8-16)32(28,29)15-3-6-20(27)25-11-13-26(14-12-25)22-24-21-18(23)4-2-5-19(21)31-22/h2,4-5,7-10H,3,6,11-15H2,1H3. The van der Waals surface area contributed by atoms with E-state index in [9.17, 15) is 17.6 Å². The van der Waals surface area contributed by atoms with Crippen LogP contribution in [0.5, 0.6) is 5.75 Å². The van der Waals surface area contributed by atoms with Crippen molar-refractivity contribution in [3.63, 3.8) is 0 Å². The topological polar surface area (TPSA) is 79.8 Å². The molecule has 32 heavy (non-hydrogen) atoms. The van der Waals surface area contributed by atoms with E-state index in [0.717, 1.165) is 9.83 Å². The number of thiazole rings is 1. The van der Waals surface area contributed by atoms with E-state index in [1.807, 2.05) is 6.07 Å². The van der Waals surface area contributed by atoms with Crippen LogP contribution in [0.3, 0.4) is 0 Å². The number of piperazine rings is 1. The monoisotopic (exact) mass is 477 g/mol. The molecular weight excluding hydrogens is 453 g/mol. The zero-order chi connectivity index (χ0) is 22.7. The van der Waals surface area contributed by atoms with Crippen LogP contribution < -0.4 is 9.64 Å². The summed E-state index contributed by atoms with van der Waals surface area (Å²) in [5.41, 5.74) is 0.379. The molecule has 2 aromatic carbocycles. The van der Waals surface area contributed by atoms with Crippen molar-refractivity contribution in [3.8, 4) is 5.75 Å². The molecule has 0 bridgehead atoms. The lowest BCUT2D eigenvalue weighted by Crippen LogP contribution is -2.48. The van der Waals surface area contributed by atoms with Crippen LogP contribution in [0, 0.1) is 5.82 Å². The van der Waals surface area contributed by atoms with Gasteiger partial charge in [-0.25, -0.2) is 17.8 Å². The first kappa shape index (κ1) is 22.5. The number of amides is 1. The fourth-order valence-electron chi connectivity index (χ4n) is 3.66. The number of halogens is 1. The van der Waals surface area contributed by atoms with E-state index in [1.54, 1.807) is 23.1 Å². The summed E-state index contributed by atoms with van der Waals surface area (Å²) >= 11 is 1.44. The van der Waals surface area contributed by atoms with Crippen molar-refractivity contribution < 1.29 is 22.3 Å². The number of carbonyl (C=O) groups is 1. The number of para-hydroxylation sites is 1. The summed E-state index contributed by atoms with van der Waals surface area (Å²) in [6.45, 7) is 2.28. The Morgan fingerprint density at radius 2 is 1.84 bits per heavy atom. The highest BCUT2D eigenvalue weighted by molar-refractivity contribution is 7.91. The molecule has 1 aromatic heterocycles. The normalized spacial score (nSPS) is 14.7. The summed E-state index contributed by atoms with van der Waals surface area (Å²) in [5, 5.41) is 0.753. The smallest absolute Gasteiger partial charge is 0.222 e. The van der Waals surface area contributed by atoms with Gasteiger partial charge in [0.1, 0.15) is 17.1 Å². The molecule has 10 heteroatoms. The largest absolute Gasteiger partial charge is 0.497 e. The minimum Gasteiger partial charge on any atom is -0.497 e. The Labute approximate surface area is 190 Å². The van der Waals surface area contributed by atoms with Gasteiger partial charge in [0.2, 0.25) is 5.91 Å². The Balaban J connectivity index is 1.27. The number of fused-ring (bicyclic) bond motifs is 1. The van der Waals surface area contributed by atoms with Crippen molar-refractivity contribution in [2.45, 2.75) is 17.7 Å². The Bertz CT molecular complexity index is 1200. The van der Waals surface area contributed by atoms with Crippen LogP contribution >= 0.6 is 11.3 Å². The second-order valence-corrected chi connectivity index (χ2v) is 10.7. The molecule has 1 saturated heterocycles. The summed E-state index contributed by atoms with van der Waals surface area (Å²) in [4.78, 5) is 21.0. The zero-order valence-electron chi connectivity index (χ0n) is 17.7. The van der Waals surface area contributed by atoms with Crippen molar-refractivity contribution in [3.05, 3.63) is 48.3 Å². The average Bonchev–Trinajstić information content (AvgIpc) is 3.25. The van der Waals surface area contributed by atoms with Crippen LogP contribution in [0.4, 0.5) is 9.52 Å². The van der Waals surface area contributed by atoms with Crippen LogP contribution in [-0.4, -0.2) is 63.3 Å². The van der Waals surface area contributed by atoms with Gasteiger partial charge in [-0.05, 0) is 42.8 Å². The van der Waals surface area contributed by atoms with Gasteiger partial charge in [-0.2, -0.15) is 0 Å². The Morgan fingerprint density at radius 3 is 2.50 bits per heavy atom. The lowest BCUT2D eigenvalue weighted by molar-refractivity contribution is -0.131. The fourth-order valence-corrected chi connectivity index (χ4v) is 6.00. The third-order valence-electron chi connectivity index (χ3n) is 5.48. The van der Waals surface area contributed by atoms with E-state index in [0.29, 0.717) is 37.4 Å². The van der Waals surface area contributed by atoms with Gasteiger partial charge in [0, 0.05) is 32.6 Å². The maximum Gasteiger partial charge on any atom is 0.222 e. The minimum atomic E-state index is -3.44. The third kappa shape index (κ3) is 4.86. The average molecular weight is 478 g/mol. The number of sulfone groups is 1. The molecule has 1 amide bonds. The summed E-state index contributed by atoms with van der Waals surface area (Å²) in [6.07, 6.45) is 0.451. The number of nitrogens with zero attached hydrogens (tertiary/aromatic N) is 3. The second kappa shape index (κ2) is 9.41. The van der Waals surface area contributed by atoms with E-state index >= 15 is 0 Å². The van der Waals surface area contributed by atoms with Gasteiger partial charge >= 0.3 is 0 Å². The molecule has 0 unspecified atom stereocenters. The van der Waals surface area contributed by atoms with Crippen LogP contribution in [0.1, 0.15) is 12.8 Å². The Hall–Kier alpha value is -2.72. The number of aromatic nitrogens is 1. The second-order valence-electron chi connectivity index (χ2n) is 7.55. The quantitative estimate of drug-likeness (QED) is 0.519. The molecule has 1 fully saturated rings. The first-order chi connectivity index (χ1) is 15.4. The van der Waals surface area contributed by atoms with Gasteiger partial charge in [-0.15, -0.1) is 0 Å². The molecule has 0 atom stereocenters. The highest BCUT2D eigenvalue weighted by Gasteiger charge is 2.24. The number of hydrogen-bond donors (Lipinski definition) is 0. The molecular formula is C22H24FN3O4S2. The predicted molar refractivity (Wildman–Crippen MR) is 123 cm³/mol. The van der Waals surface area contributed by atoms with Crippen LogP contribution in [0.2, 0.25) is 0 Å². The molecule has 0 radical (unpaired) electrons. The fraction of sp³-hybridized carbons (Fsp3) is 0.364. The minimum absolute atomic E-state index is 0.0510. The first-order valence-electron chi connectivity index (χ1n) is 10.3. The van der Waals surface area contributed by atoms with Crippen molar-refractivity contribution in [2.75, 3.05) is 43.9 Å². The van der Waals surface area contributed by atoms with Crippen LogP contribution in [-0.2, 0) is 14.6 Å². The highest BCUT2D eigenvalue weighted by atomic mass is 32.2. The molecule has 2 heterocycles. The number of hydrogen-bond acceptors (Lipinski definition) is 7. The lowest BCUT2D eigenvalue weighted by atomic mass is 10.2. The summed E-state index contributed by atoms with van der Waals surface area (Å²) in [5.74, 6) is 0.130. The molecule has 4 rings (SSSR count). The maximum absolute atomic E-state index is 13.9. The molecule has 7 nitrogen and oxygen atoms in total. The Morgan fingerprint density at radius 1 is 1.12 bits per heavy atom. The maximum atomic E-state index is 13.9. The summed E-state index contributed by atoms with van der Waals surface area (Å²) < 4.78 is 44.7. The van der Waals surface area contributed by atoms with Crippen molar-refractivity contribution in [1.82, 2.24) is 9.88 Å². The van der Waals surface area contributed by atoms with E-state index in [-0.39, 0.29) is 35.2 Å². The van der Waals surface area contributed by atoms with Crippen molar-refractivity contribution in [1.29, 1.82) is 0 Å². The van der Waals surface area contributed by atoms with Gasteiger partial charge in [0.25, 0.3) is 0 Å². The molecule has 0 spiro atoms.